The molecule has 0 N–H and O–H groups in total. The highest BCUT2D eigenvalue weighted by Crippen LogP contribution is 2.19. The standard InChI is InChI=1S/C8H16I2O2S/c1-2-3-4-5-6-7-13(11,12)8(9)10/h8H,2-7H2,1H3. The van der Waals surface area contributed by atoms with E-state index in [0.717, 1.165) is 12.8 Å². The van der Waals surface area contributed by atoms with E-state index in [1.807, 2.05) is 45.2 Å². The van der Waals surface area contributed by atoms with Gasteiger partial charge in [-0.25, -0.2) is 8.42 Å². The third kappa shape index (κ3) is 7.35. The van der Waals surface area contributed by atoms with Gasteiger partial charge in [0, 0.05) is 0 Å². The molecule has 0 bridgehead atoms. The Hall–Kier alpha value is 1.41. The molecule has 0 radical (unpaired) electrons. The Morgan fingerprint density at radius 2 is 1.62 bits per heavy atom. The van der Waals surface area contributed by atoms with E-state index in [-0.39, 0.29) is 1.26 Å². The molecule has 0 rings (SSSR count). The Morgan fingerprint density at radius 1 is 1.08 bits per heavy atom. The van der Waals surface area contributed by atoms with Crippen LogP contribution in [0.4, 0.5) is 0 Å². The Labute approximate surface area is 108 Å². The molecule has 0 heterocycles. The zero-order chi connectivity index (χ0) is 10.3. The van der Waals surface area contributed by atoms with Crippen LogP contribution in [0, 0.1) is 0 Å². The second-order valence-electron chi connectivity index (χ2n) is 3.04. The van der Waals surface area contributed by atoms with Crippen molar-refractivity contribution in [3.63, 3.8) is 0 Å². The van der Waals surface area contributed by atoms with Gasteiger partial charge in [0.05, 0.1) is 5.75 Å². The highest BCUT2D eigenvalue weighted by molar-refractivity contribution is 14.2. The van der Waals surface area contributed by atoms with Gasteiger partial charge < -0.3 is 0 Å². The van der Waals surface area contributed by atoms with Gasteiger partial charge in [0.2, 0.25) is 0 Å². The molecule has 0 aliphatic rings. The summed E-state index contributed by atoms with van der Waals surface area (Å²) in [7, 11) is -2.81. The first kappa shape index (κ1) is 14.4. The van der Waals surface area contributed by atoms with Crippen molar-refractivity contribution in [3.8, 4) is 0 Å². The van der Waals surface area contributed by atoms with Crippen molar-refractivity contribution in [2.45, 2.75) is 40.3 Å². The summed E-state index contributed by atoms with van der Waals surface area (Å²) in [5, 5.41) is 0. The average molecular weight is 430 g/mol. The third-order valence-electron chi connectivity index (χ3n) is 1.80. The largest absolute Gasteiger partial charge is 0.227 e. The zero-order valence-electron chi connectivity index (χ0n) is 7.80. The van der Waals surface area contributed by atoms with Crippen LogP contribution in [-0.2, 0) is 9.84 Å². The summed E-state index contributed by atoms with van der Waals surface area (Å²) >= 11 is 3.90. The average Bonchev–Trinajstić information content (AvgIpc) is 2.03. The van der Waals surface area contributed by atoms with Crippen molar-refractivity contribution in [1.29, 1.82) is 0 Å². The molecule has 0 aliphatic heterocycles. The van der Waals surface area contributed by atoms with Crippen molar-refractivity contribution in [2.24, 2.45) is 0 Å². The first-order chi connectivity index (χ1) is 6.00. The van der Waals surface area contributed by atoms with E-state index in [1.54, 1.807) is 0 Å². The van der Waals surface area contributed by atoms with E-state index >= 15 is 0 Å². The van der Waals surface area contributed by atoms with E-state index in [0.29, 0.717) is 5.75 Å². The van der Waals surface area contributed by atoms with Gasteiger partial charge in [-0.3, -0.25) is 0 Å². The van der Waals surface area contributed by atoms with Crippen LogP contribution in [-0.4, -0.2) is 15.4 Å². The molecular formula is C8H16I2O2S. The van der Waals surface area contributed by atoms with Crippen LogP contribution in [0.2, 0.25) is 0 Å². The predicted molar refractivity (Wildman–Crippen MR) is 74.4 cm³/mol. The highest BCUT2D eigenvalue weighted by atomic mass is 127. The number of hydrogen-bond donors (Lipinski definition) is 0. The molecule has 0 atom stereocenters. The molecule has 0 saturated carbocycles. The Kier molecular flexibility index (Phi) is 8.50. The van der Waals surface area contributed by atoms with Gasteiger partial charge in [-0.05, 0) is 6.42 Å². The lowest BCUT2D eigenvalue weighted by Gasteiger charge is -2.04. The summed E-state index contributed by atoms with van der Waals surface area (Å²) in [6.45, 7) is 2.16. The molecule has 0 aliphatic carbocycles. The van der Waals surface area contributed by atoms with Gasteiger partial charge in [0.1, 0.15) is 0 Å². The van der Waals surface area contributed by atoms with Gasteiger partial charge >= 0.3 is 0 Å². The minimum atomic E-state index is -2.81. The summed E-state index contributed by atoms with van der Waals surface area (Å²) in [6.07, 6.45) is 5.46. The van der Waals surface area contributed by atoms with Gasteiger partial charge in [-0.2, -0.15) is 0 Å². The fourth-order valence-electron chi connectivity index (χ4n) is 0.996. The molecule has 0 amide bonds. The topological polar surface area (TPSA) is 34.1 Å². The SMILES string of the molecule is CCCCCCCS(=O)(=O)C(I)I. The lowest BCUT2D eigenvalue weighted by Crippen LogP contribution is -2.12. The maximum absolute atomic E-state index is 11.3. The smallest absolute Gasteiger partial charge is 0.171 e. The summed E-state index contributed by atoms with van der Waals surface area (Å²) in [5.74, 6) is 0.354. The molecular weight excluding hydrogens is 414 g/mol. The summed E-state index contributed by atoms with van der Waals surface area (Å²) in [5.41, 5.74) is 0. The van der Waals surface area contributed by atoms with Crippen molar-refractivity contribution in [1.82, 2.24) is 0 Å². The van der Waals surface area contributed by atoms with Crippen LogP contribution in [0.3, 0.4) is 0 Å². The molecule has 0 unspecified atom stereocenters. The first-order valence-electron chi connectivity index (χ1n) is 4.50. The number of alkyl halides is 2. The first-order valence-corrected chi connectivity index (χ1v) is 8.71. The molecule has 0 aromatic carbocycles. The van der Waals surface area contributed by atoms with E-state index < -0.39 is 9.84 Å². The van der Waals surface area contributed by atoms with Crippen molar-refractivity contribution in [2.75, 3.05) is 5.75 Å². The van der Waals surface area contributed by atoms with Crippen LogP contribution in [0.15, 0.2) is 0 Å². The third-order valence-corrected chi connectivity index (χ3v) is 7.85. The fourth-order valence-corrected chi connectivity index (χ4v) is 3.31. The molecule has 80 valence electrons. The number of hydrogen-bond acceptors (Lipinski definition) is 2. The van der Waals surface area contributed by atoms with E-state index in [4.69, 9.17) is 0 Å². The maximum Gasteiger partial charge on any atom is 0.171 e. The molecule has 0 aromatic rings. The second-order valence-corrected chi connectivity index (χ2v) is 11.8. The van der Waals surface area contributed by atoms with Gasteiger partial charge in [-0.1, -0.05) is 77.8 Å². The molecule has 2 nitrogen and oxygen atoms in total. The molecule has 0 fully saturated rings. The molecule has 13 heavy (non-hydrogen) atoms. The highest BCUT2D eigenvalue weighted by Gasteiger charge is 2.17. The molecule has 5 heteroatoms. The van der Waals surface area contributed by atoms with Crippen molar-refractivity contribution >= 4 is 55.0 Å². The quantitative estimate of drug-likeness (QED) is 0.352. The molecule has 0 saturated heterocycles. The summed E-state index contributed by atoms with van der Waals surface area (Å²) < 4.78 is 22.4. The van der Waals surface area contributed by atoms with Crippen molar-refractivity contribution in [3.05, 3.63) is 0 Å². The van der Waals surface area contributed by atoms with Gasteiger partial charge in [-0.15, -0.1) is 0 Å². The van der Waals surface area contributed by atoms with E-state index in [1.165, 1.54) is 19.3 Å². The predicted octanol–water partition coefficient (Wildman–Crippen LogP) is 3.53. The summed E-state index contributed by atoms with van der Waals surface area (Å²) in [4.78, 5) is 0. The van der Waals surface area contributed by atoms with Crippen LogP contribution < -0.4 is 0 Å². The van der Waals surface area contributed by atoms with Crippen LogP contribution in [0.25, 0.3) is 0 Å². The number of rotatable bonds is 7. The number of halogens is 2. The van der Waals surface area contributed by atoms with Crippen LogP contribution in [0.5, 0.6) is 0 Å². The zero-order valence-corrected chi connectivity index (χ0v) is 12.9. The lowest BCUT2D eigenvalue weighted by molar-refractivity contribution is 0.591. The van der Waals surface area contributed by atoms with Crippen molar-refractivity contribution < 1.29 is 8.42 Å². The monoisotopic (exact) mass is 430 g/mol. The fraction of sp³-hybridized carbons (Fsp3) is 1.00. The Bertz CT molecular complexity index is 212. The second kappa shape index (κ2) is 7.67. The Balaban J connectivity index is 3.53. The minimum absolute atomic E-state index is 0.270. The maximum atomic E-state index is 11.3. The normalized spacial score (nSPS) is 12.3. The van der Waals surface area contributed by atoms with E-state index in [9.17, 15) is 8.42 Å². The lowest BCUT2D eigenvalue weighted by atomic mass is 10.2. The molecule has 0 spiro atoms. The Morgan fingerprint density at radius 3 is 2.08 bits per heavy atom. The number of sulfone groups is 1. The van der Waals surface area contributed by atoms with E-state index in [2.05, 4.69) is 6.92 Å². The summed E-state index contributed by atoms with van der Waals surface area (Å²) in [6, 6.07) is 0. The number of unbranched alkanes of at least 4 members (excludes halogenated alkanes) is 4. The van der Waals surface area contributed by atoms with Gasteiger partial charge in [0.15, 0.2) is 11.1 Å². The van der Waals surface area contributed by atoms with Crippen LogP contribution in [0.1, 0.15) is 39.0 Å². The minimum Gasteiger partial charge on any atom is -0.227 e. The molecule has 0 aromatic heterocycles. The van der Waals surface area contributed by atoms with Gasteiger partial charge in [0.25, 0.3) is 0 Å². The van der Waals surface area contributed by atoms with Crippen LogP contribution >= 0.6 is 45.2 Å².